The molecule has 2 aromatic carbocycles. The highest BCUT2D eigenvalue weighted by Gasteiger charge is 2.17. The van der Waals surface area contributed by atoms with E-state index in [0.717, 1.165) is 33.4 Å². The van der Waals surface area contributed by atoms with E-state index in [1.807, 2.05) is 70.3 Å². The van der Waals surface area contributed by atoms with Crippen molar-refractivity contribution in [2.75, 3.05) is 18.1 Å². The van der Waals surface area contributed by atoms with E-state index in [-0.39, 0.29) is 12.5 Å². The van der Waals surface area contributed by atoms with Crippen LogP contribution in [0.5, 0.6) is 0 Å². The monoisotopic (exact) mass is 391 g/mol. The Hall–Kier alpha value is -3.41. The van der Waals surface area contributed by atoms with Crippen molar-refractivity contribution >= 4 is 34.4 Å². The number of aryl methyl sites for hydroxylation is 2. The van der Waals surface area contributed by atoms with Gasteiger partial charge in [-0.05, 0) is 38.3 Å². The van der Waals surface area contributed by atoms with Crippen LogP contribution in [0.25, 0.3) is 16.8 Å². The molecule has 3 rings (SSSR count). The lowest BCUT2D eigenvalue weighted by molar-refractivity contribution is -0.142. The first kappa shape index (κ1) is 20.3. The molecule has 0 saturated heterocycles. The van der Waals surface area contributed by atoms with Crippen molar-refractivity contribution in [1.82, 2.24) is 9.78 Å². The first-order valence-corrected chi connectivity index (χ1v) is 9.55. The third kappa shape index (κ3) is 4.37. The van der Waals surface area contributed by atoms with E-state index in [1.54, 1.807) is 15.7 Å². The van der Waals surface area contributed by atoms with E-state index in [4.69, 9.17) is 4.74 Å². The molecule has 0 saturated carbocycles. The Balaban J connectivity index is 1.68. The van der Waals surface area contributed by atoms with Gasteiger partial charge >= 0.3 is 5.97 Å². The summed E-state index contributed by atoms with van der Waals surface area (Å²) >= 11 is 0. The van der Waals surface area contributed by atoms with Gasteiger partial charge in [0.05, 0.1) is 11.4 Å². The molecular formula is C23H25N3O3. The average Bonchev–Trinajstić information content (AvgIpc) is 2.96. The lowest BCUT2D eigenvalue weighted by Crippen LogP contribution is -2.34. The summed E-state index contributed by atoms with van der Waals surface area (Å²) in [7, 11) is 1.85. The summed E-state index contributed by atoms with van der Waals surface area (Å²) in [5.41, 5.74) is 3.47. The lowest BCUT2D eigenvalue weighted by atomic mass is 10.1. The molecule has 0 unspecified atom stereocenters. The minimum atomic E-state index is -0.560. The van der Waals surface area contributed by atoms with Crippen LogP contribution >= 0.6 is 0 Å². The van der Waals surface area contributed by atoms with Crippen LogP contribution in [-0.2, 0) is 21.4 Å². The van der Waals surface area contributed by atoms with Gasteiger partial charge in [0.1, 0.15) is 0 Å². The number of anilines is 1. The quantitative estimate of drug-likeness (QED) is 0.474. The van der Waals surface area contributed by atoms with E-state index in [1.165, 1.54) is 6.08 Å². The second kappa shape index (κ2) is 8.73. The summed E-state index contributed by atoms with van der Waals surface area (Å²) in [5.74, 6) is -0.825. The zero-order valence-electron chi connectivity index (χ0n) is 17.2. The second-order valence-electron chi connectivity index (χ2n) is 6.79. The minimum Gasteiger partial charge on any atom is -0.452 e. The van der Waals surface area contributed by atoms with Crippen molar-refractivity contribution in [2.24, 2.45) is 7.05 Å². The first-order valence-electron chi connectivity index (χ1n) is 9.55. The molecule has 1 aromatic heterocycles. The zero-order valence-corrected chi connectivity index (χ0v) is 17.2. The number of ether oxygens (including phenoxy) is 1. The highest BCUT2D eigenvalue weighted by Crippen LogP contribution is 2.26. The number of aromatic nitrogens is 2. The second-order valence-corrected chi connectivity index (χ2v) is 6.79. The van der Waals surface area contributed by atoms with Gasteiger partial charge in [-0.1, -0.05) is 36.4 Å². The normalized spacial score (nSPS) is 11.2. The molecule has 0 aliphatic carbocycles. The van der Waals surface area contributed by atoms with Gasteiger partial charge in [-0.3, -0.25) is 9.48 Å². The largest absolute Gasteiger partial charge is 0.452 e. The summed E-state index contributed by atoms with van der Waals surface area (Å²) in [5, 5.41) is 6.35. The van der Waals surface area contributed by atoms with E-state index >= 15 is 0 Å². The molecule has 3 aromatic rings. The molecule has 0 spiro atoms. The maximum atomic E-state index is 12.7. The Morgan fingerprint density at radius 1 is 1.14 bits per heavy atom. The molecular weight excluding hydrogens is 366 g/mol. The molecule has 0 radical (unpaired) electrons. The Labute approximate surface area is 170 Å². The number of nitrogens with zero attached hydrogens (tertiary/aromatic N) is 3. The number of carbonyl (C=O) groups is 2. The van der Waals surface area contributed by atoms with Crippen LogP contribution < -0.4 is 4.90 Å². The maximum absolute atomic E-state index is 12.7. The van der Waals surface area contributed by atoms with Crippen LogP contribution in [0.3, 0.4) is 0 Å². The van der Waals surface area contributed by atoms with E-state index in [2.05, 4.69) is 5.10 Å². The standard InChI is InChI=1S/C23H25N3O3/c1-5-26(21-12-8-10-18-9-6-7-11-20(18)21)22(27)15-29-23(28)14-13-19-16(2)24-25(4)17(19)3/h6-14H,5,15H2,1-4H3/b14-13+. The van der Waals surface area contributed by atoms with Crippen molar-refractivity contribution in [3.8, 4) is 0 Å². The summed E-state index contributed by atoms with van der Waals surface area (Å²) in [4.78, 5) is 26.5. The van der Waals surface area contributed by atoms with Gasteiger partial charge < -0.3 is 9.64 Å². The number of benzene rings is 2. The average molecular weight is 391 g/mol. The zero-order chi connectivity index (χ0) is 21.0. The highest BCUT2D eigenvalue weighted by atomic mass is 16.5. The molecule has 29 heavy (non-hydrogen) atoms. The van der Waals surface area contributed by atoms with Crippen LogP contribution in [0.15, 0.2) is 48.5 Å². The number of carbonyl (C=O) groups excluding carboxylic acids is 2. The first-order chi connectivity index (χ1) is 13.9. The number of hydrogen-bond acceptors (Lipinski definition) is 4. The molecule has 0 N–H and O–H groups in total. The van der Waals surface area contributed by atoms with Gasteiger partial charge in [0.25, 0.3) is 5.91 Å². The SMILES string of the molecule is CCN(C(=O)COC(=O)/C=C/c1c(C)nn(C)c1C)c1cccc2ccccc12. The fourth-order valence-corrected chi connectivity index (χ4v) is 3.37. The highest BCUT2D eigenvalue weighted by molar-refractivity contribution is 6.04. The maximum Gasteiger partial charge on any atom is 0.331 e. The Morgan fingerprint density at radius 3 is 2.55 bits per heavy atom. The van der Waals surface area contributed by atoms with E-state index in [0.29, 0.717) is 6.54 Å². The van der Waals surface area contributed by atoms with E-state index in [9.17, 15) is 9.59 Å². The minimum absolute atomic E-state index is 0.264. The number of amides is 1. The summed E-state index contributed by atoms with van der Waals surface area (Å²) < 4.78 is 6.94. The number of rotatable bonds is 6. The van der Waals surface area contributed by atoms with Crippen LogP contribution in [0.1, 0.15) is 23.9 Å². The van der Waals surface area contributed by atoms with Gasteiger partial charge in [0, 0.05) is 36.3 Å². The third-order valence-corrected chi connectivity index (χ3v) is 4.96. The summed E-state index contributed by atoms with van der Waals surface area (Å²) in [6, 6.07) is 13.7. The molecule has 6 nitrogen and oxygen atoms in total. The molecule has 1 amide bonds. The van der Waals surface area contributed by atoms with Crippen molar-refractivity contribution in [1.29, 1.82) is 0 Å². The van der Waals surface area contributed by atoms with Crippen molar-refractivity contribution in [3.05, 3.63) is 65.5 Å². The van der Waals surface area contributed by atoms with Crippen molar-refractivity contribution in [3.63, 3.8) is 0 Å². The molecule has 6 heteroatoms. The fourth-order valence-electron chi connectivity index (χ4n) is 3.37. The molecule has 0 atom stereocenters. The van der Waals surface area contributed by atoms with Crippen LogP contribution in [0.4, 0.5) is 5.69 Å². The summed E-state index contributed by atoms with van der Waals surface area (Å²) in [6.07, 6.45) is 3.01. The van der Waals surface area contributed by atoms with E-state index < -0.39 is 5.97 Å². The fraction of sp³-hybridized carbons (Fsp3) is 0.261. The van der Waals surface area contributed by atoms with Gasteiger partial charge in [0.15, 0.2) is 6.61 Å². The smallest absolute Gasteiger partial charge is 0.331 e. The van der Waals surface area contributed by atoms with Crippen LogP contribution in [0.2, 0.25) is 0 Å². The molecule has 1 heterocycles. The Kier molecular flexibility index (Phi) is 6.12. The van der Waals surface area contributed by atoms with Crippen LogP contribution in [0, 0.1) is 13.8 Å². The molecule has 0 fully saturated rings. The summed E-state index contributed by atoms with van der Waals surface area (Å²) in [6.45, 7) is 5.87. The Morgan fingerprint density at radius 2 is 1.86 bits per heavy atom. The Bertz CT molecular complexity index is 1080. The van der Waals surface area contributed by atoms with Gasteiger partial charge in [-0.2, -0.15) is 5.10 Å². The van der Waals surface area contributed by atoms with Gasteiger partial charge in [-0.25, -0.2) is 4.79 Å². The van der Waals surface area contributed by atoms with Crippen molar-refractivity contribution in [2.45, 2.75) is 20.8 Å². The predicted octanol–water partition coefficient (Wildman–Crippen LogP) is 3.80. The van der Waals surface area contributed by atoms with Crippen LogP contribution in [-0.4, -0.2) is 34.8 Å². The molecule has 0 bridgehead atoms. The number of esters is 1. The molecule has 0 aliphatic heterocycles. The number of likely N-dealkylation sites (N-methyl/N-ethyl adjacent to an activating group) is 1. The third-order valence-electron chi connectivity index (χ3n) is 4.96. The van der Waals surface area contributed by atoms with Crippen molar-refractivity contribution < 1.29 is 14.3 Å². The number of hydrogen-bond donors (Lipinski definition) is 0. The van der Waals surface area contributed by atoms with Gasteiger partial charge in [0.2, 0.25) is 0 Å². The lowest BCUT2D eigenvalue weighted by Gasteiger charge is -2.22. The number of fused-ring (bicyclic) bond motifs is 1. The molecule has 150 valence electrons. The molecule has 0 aliphatic rings. The predicted molar refractivity (Wildman–Crippen MR) is 115 cm³/mol. The topological polar surface area (TPSA) is 64.4 Å². The van der Waals surface area contributed by atoms with Gasteiger partial charge in [-0.15, -0.1) is 0 Å².